The fraction of sp³-hybridized carbons (Fsp3) is 0.613. The molecule has 41 heavy (non-hydrogen) atoms. The number of benzene rings is 1. The first-order valence-electron chi connectivity index (χ1n) is 15.1. The number of piperidine rings is 1. The van der Waals surface area contributed by atoms with Crippen LogP contribution in [0.2, 0.25) is 0 Å². The third kappa shape index (κ3) is 6.64. The highest BCUT2D eigenvalue weighted by molar-refractivity contribution is 6.25. The Morgan fingerprint density at radius 3 is 2.63 bits per heavy atom. The molecule has 222 valence electrons. The SMILES string of the molecule is CN=C(C(=CN)c1ccc2c(c1)OCCN1CC(C(N=C(C)N)=NC(C)C)N=C21)C1CCCN(C2CCOCC2)C1. The van der Waals surface area contributed by atoms with Crippen LogP contribution in [0.5, 0.6) is 5.75 Å². The second-order valence-electron chi connectivity index (χ2n) is 11.7. The Kier molecular flexibility index (Phi) is 9.39. The highest BCUT2D eigenvalue weighted by atomic mass is 16.5. The molecule has 4 heterocycles. The van der Waals surface area contributed by atoms with Crippen molar-refractivity contribution in [3.05, 3.63) is 35.5 Å². The Labute approximate surface area is 244 Å². The molecule has 0 aromatic heterocycles. The van der Waals surface area contributed by atoms with E-state index in [9.17, 15) is 0 Å². The van der Waals surface area contributed by atoms with Crippen LogP contribution in [0.1, 0.15) is 57.6 Å². The smallest absolute Gasteiger partial charge is 0.152 e. The lowest BCUT2D eigenvalue weighted by molar-refractivity contribution is 0.0232. The summed E-state index contributed by atoms with van der Waals surface area (Å²) in [7, 11) is 1.89. The van der Waals surface area contributed by atoms with Crippen molar-refractivity contribution in [2.75, 3.05) is 53.0 Å². The predicted molar refractivity (Wildman–Crippen MR) is 167 cm³/mol. The molecule has 5 rings (SSSR count). The number of likely N-dealkylation sites (tertiary alicyclic amines) is 1. The van der Waals surface area contributed by atoms with Crippen LogP contribution in [0.3, 0.4) is 0 Å². The van der Waals surface area contributed by atoms with E-state index >= 15 is 0 Å². The van der Waals surface area contributed by atoms with Gasteiger partial charge in [0.25, 0.3) is 0 Å². The van der Waals surface area contributed by atoms with Gasteiger partial charge in [-0.05, 0) is 70.7 Å². The number of hydrogen-bond donors (Lipinski definition) is 2. The number of nitrogens with two attached hydrogens (primary N) is 2. The van der Waals surface area contributed by atoms with Crippen molar-refractivity contribution in [3.63, 3.8) is 0 Å². The van der Waals surface area contributed by atoms with E-state index in [1.54, 1.807) is 13.1 Å². The van der Waals surface area contributed by atoms with E-state index in [1.165, 1.54) is 6.42 Å². The maximum absolute atomic E-state index is 6.31. The first-order valence-corrected chi connectivity index (χ1v) is 15.1. The second kappa shape index (κ2) is 13.2. The van der Waals surface area contributed by atoms with Crippen LogP contribution >= 0.6 is 0 Å². The summed E-state index contributed by atoms with van der Waals surface area (Å²) in [4.78, 5) is 24.1. The molecule has 4 aliphatic rings. The second-order valence-corrected chi connectivity index (χ2v) is 11.7. The minimum atomic E-state index is -0.167. The Bertz CT molecular complexity index is 1240. The lowest BCUT2D eigenvalue weighted by Gasteiger charge is -2.40. The molecular formula is C31H46N8O2. The summed E-state index contributed by atoms with van der Waals surface area (Å²) in [5.41, 5.74) is 16.3. The molecule has 2 unspecified atom stereocenters. The molecule has 4 N–H and O–H groups in total. The summed E-state index contributed by atoms with van der Waals surface area (Å²) in [5, 5.41) is 0. The van der Waals surface area contributed by atoms with E-state index in [-0.39, 0.29) is 12.1 Å². The molecule has 0 spiro atoms. The summed E-state index contributed by atoms with van der Waals surface area (Å²) in [6.07, 6.45) is 6.21. The van der Waals surface area contributed by atoms with Gasteiger partial charge >= 0.3 is 0 Å². The highest BCUT2D eigenvalue weighted by Crippen LogP contribution is 2.34. The van der Waals surface area contributed by atoms with Gasteiger partial charge < -0.3 is 25.8 Å². The van der Waals surface area contributed by atoms with Crippen molar-refractivity contribution in [2.45, 2.75) is 64.6 Å². The Hall–Kier alpha value is -3.24. The molecule has 0 aliphatic carbocycles. The summed E-state index contributed by atoms with van der Waals surface area (Å²) in [6, 6.07) is 6.86. The molecule has 10 nitrogen and oxygen atoms in total. The number of fused-ring (bicyclic) bond motifs is 3. The van der Waals surface area contributed by atoms with Crippen molar-refractivity contribution >= 4 is 28.8 Å². The van der Waals surface area contributed by atoms with Crippen molar-refractivity contribution < 1.29 is 9.47 Å². The average molecular weight is 563 g/mol. The number of allylic oxidation sites excluding steroid dienone is 1. The Morgan fingerprint density at radius 1 is 1.12 bits per heavy atom. The molecular weight excluding hydrogens is 516 g/mol. The van der Waals surface area contributed by atoms with Crippen LogP contribution in [-0.4, -0.2) is 104 Å². The minimum absolute atomic E-state index is 0.107. The molecule has 0 bridgehead atoms. The van der Waals surface area contributed by atoms with Crippen LogP contribution in [0, 0.1) is 5.92 Å². The zero-order valence-electron chi connectivity index (χ0n) is 25.1. The number of nitrogens with zero attached hydrogens (tertiary/aromatic N) is 6. The van der Waals surface area contributed by atoms with Gasteiger partial charge in [-0.25, -0.2) is 4.99 Å². The normalized spacial score (nSPS) is 25.5. The number of aliphatic imine (C=N–C) groups is 4. The molecule has 10 heteroatoms. The summed E-state index contributed by atoms with van der Waals surface area (Å²) in [5.74, 6) is 3.24. The van der Waals surface area contributed by atoms with E-state index in [0.29, 0.717) is 36.8 Å². The van der Waals surface area contributed by atoms with E-state index < -0.39 is 0 Å². The first kappa shape index (κ1) is 29.3. The van der Waals surface area contributed by atoms with Crippen molar-refractivity contribution in [1.82, 2.24) is 9.80 Å². The molecule has 0 saturated carbocycles. The fourth-order valence-electron chi connectivity index (χ4n) is 6.50. The largest absolute Gasteiger partial charge is 0.491 e. The van der Waals surface area contributed by atoms with Gasteiger partial charge in [-0.3, -0.25) is 19.9 Å². The summed E-state index contributed by atoms with van der Waals surface area (Å²) in [6.45, 7) is 11.7. The Morgan fingerprint density at radius 2 is 1.93 bits per heavy atom. The van der Waals surface area contributed by atoms with Gasteiger partial charge in [0.2, 0.25) is 0 Å². The quantitative estimate of drug-likeness (QED) is 0.406. The van der Waals surface area contributed by atoms with E-state index in [1.807, 2.05) is 20.9 Å². The number of ether oxygens (including phenoxy) is 2. The van der Waals surface area contributed by atoms with Crippen LogP contribution in [-0.2, 0) is 4.74 Å². The zero-order chi connectivity index (χ0) is 28.9. The highest BCUT2D eigenvalue weighted by Gasteiger charge is 2.34. The van der Waals surface area contributed by atoms with Gasteiger partial charge in [0.05, 0.1) is 17.9 Å². The fourth-order valence-corrected chi connectivity index (χ4v) is 6.50. The molecule has 1 aromatic carbocycles. The molecule has 2 saturated heterocycles. The van der Waals surface area contributed by atoms with E-state index in [2.05, 4.69) is 33.0 Å². The average Bonchev–Trinajstić information content (AvgIpc) is 3.32. The minimum Gasteiger partial charge on any atom is -0.491 e. The van der Waals surface area contributed by atoms with Crippen molar-refractivity contribution in [3.8, 4) is 5.75 Å². The lowest BCUT2D eigenvalue weighted by Crippen LogP contribution is -2.46. The number of rotatable bonds is 6. The zero-order valence-corrected chi connectivity index (χ0v) is 25.1. The maximum Gasteiger partial charge on any atom is 0.152 e. The monoisotopic (exact) mass is 562 g/mol. The van der Waals surface area contributed by atoms with Gasteiger partial charge in [-0.1, -0.05) is 6.07 Å². The molecule has 2 fully saturated rings. The number of amidine groups is 3. The van der Waals surface area contributed by atoms with Gasteiger partial charge in [0.1, 0.15) is 24.2 Å². The van der Waals surface area contributed by atoms with Gasteiger partial charge in [-0.15, -0.1) is 0 Å². The Balaban J connectivity index is 1.40. The predicted octanol–water partition coefficient (Wildman–Crippen LogP) is 2.96. The van der Waals surface area contributed by atoms with Gasteiger partial charge in [-0.2, -0.15) is 0 Å². The van der Waals surface area contributed by atoms with Gasteiger partial charge in [0, 0.05) is 68.8 Å². The third-order valence-corrected chi connectivity index (χ3v) is 8.33. The standard InChI is InChI=1S/C31H46N8O2/c1-20(2)35-30(36-21(3)33)27-19-39-12-15-41-28-16-22(7-8-25(28)31(39)37-27)26(17-32)29(34-4)23-6-5-11-38(18-23)24-9-13-40-14-10-24/h7-8,16-17,20,23-24,27H,5-6,9-15,18-19,32H2,1-4H3,(H2,33,35,36). The lowest BCUT2D eigenvalue weighted by atomic mass is 9.85. The van der Waals surface area contributed by atoms with E-state index in [0.717, 1.165) is 86.1 Å². The summed E-state index contributed by atoms with van der Waals surface area (Å²) >= 11 is 0. The molecule has 1 aromatic rings. The summed E-state index contributed by atoms with van der Waals surface area (Å²) < 4.78 is 11.9. The third-order valence-electron chi connectivity index (χ3n) is 8.33. The van der Waals surface area contributed by atoms with Crippen LogP contribution in [0.4, 0.5) is 0 Å². The number of hydrogen-bond acceptors (Lipinski definition) is 8. The van der Waals surface area contributed by atoms with Crippen molar-refractivity contribution in [1.29, 1.82) is 0 Å². The van der Waals surface area contributed by atoms with Crippen LogP contribution in [0.15, 0.2) is 44.4 Å². The van der Waals surface area contributed by atoms with Gasteiger partial charge in [0.15, 0.2) is 5.84 Å². The van der Waals surface area contributed by atoms with E-state index in [4.69, 9.17) is 35.9 Å². The molecule has 0 radical (unpaired) electrons. The van der Waals surface area contributed by atoms with Crippen LogP contribution < -0.4 is 16.2 Å². The molecule has 2 atom stereocenters. The topological polar surface area (TPSA) is 126 Å². The maximum atomic E-state index is 6.31. The van der Waals surface area contributed by atoms with Crippen LogP contribution in [0.25, 0.3) is 5.57 Å². The molecule has 0 amide bonds. The van der Waals surface area contributed by atoms with Crippen molar-refractivity contribution in [2.24, 2.45) is 37.4 Å². The first-order chi connectivity index (χ1) is 19.9. The molecule has 4 aliphatic heterocycles.